The van der Waals surface area contributed by atoms with E-state index in [-0.39, 0.29) is 34.3 Å². The van der Waals surface area contributed by atoms with E-state index in [0.717, 1.165) is 68.1 Å². The molecular weight excluding hydrogens is 501 g/mol. The van der Waals surface area contributed by atoms with Crippen LogP contribution in [0.1, 0.15) is 38.5 Å². The van der Waals surface area contributed by atoms with Crippen molar-refractivity contribution < 1.29 is 22.4 Å². The number of amides is 2. The van der Waals surface area contributed by atoms with Gasteiger partial charge in [-0.2, -0.15) is 8.42 Å². The molecular formula is C23H23ClFN3O4S2. The highest BCUT2D eigenvalue weighted by molar-refractivity contribution is 8.16. The number of carbonyl (C=O) groups is 2. The molecule has 2 aromatic rings. The lowest BCUT2D eigenvalue weighted by Gasteiger charge is -2.30. The Hall–Kier alpha value is -2.43. The third-order valence-corrected chi connectivity index (χ3v) is 8.52. The van der Waals surface area contributed by atoms with Gasteiger partial charge in [0.25, 0.3) is 10.0 Å². The van der Waals surface area contributed by atoms with Crippen LogP contribution in [-0.4, -0.2) is 41.6 Å². The van der Waals surface area contributed by atoms with Crippen LogP contribution >= 0.6 is 23.4 Å². The summed E-state index contributed by atoms with van der Waals surface area (Å²) in [6.45, 7) is 0. The van der Waals surface area contributed by atoms with Crippen molar-refractivity contribution in [2.75, 3.05) is 5.32 Å². The van der Waals surface area contributed by atoms with Crippen LogP contribution in [0.5, 0.6) is 0 Å². The fourth-order valence-corrected chi connectivity index (χ4v) is 6.56. The lowest BCUT2D eigenvalue weighted by Crippen LogP contribution is -2.42. The second kappa shape index (κ2) is 10.5. The van der Waals surface area contributed by atoms with Gasteiger partial charge < -0.3 is 5.32 Å². The third kappa shape index (κ3) is 5.79. The number of thioether (sulfide) groups is 1. The molecule has 7 nitrogen and oxygen atoms in total. The molecule has 1 saturated heterocycles. The molecule has 1 aliphatic carbocycles. The van der Waals surface area contributed by atoms with E-state index in [1.165, 1.54) is 4.90 Å². The van der Waals surface area contributed by atoms with Gasteiger partial charge >= 0.3 is 0 Å². The highest BCUT2D eigenvalue weighted by Crippen LogP contribution is 2.36. The van der Waals surface area contributed by atoms with Gasteiger partial charge in [-0.3, -0.25) is 14.5 Å². The number of hydrogen-bond donors (Lipinski definition) is 1. The number of nitrogens with one attached hydrogen (secondary N) is 1. The van der Waals surface area contributed by atoms with Gasteiger partial charge in [0.05, 0.1) is 4.90 Å². The van der Waals surface area contributed by atoms with E-state index in [2.05, 4.69) is 9.71 Å². The molecule has 1 heterocycles. The summed E-state index contributed by atoms with van der Waals surface area (Å²) in [7, 11) is -4.17. The SMILES string of the molecule is O=C(C[C@@H]1SC(=NS(=O)(=O)c2ccc(F)cc2)N(C2CCCCC2)C1=O)Nc1ccc(Cl)cc1. The van der Waals surface area contributed by atoms with E-state index in [9.17, 15) is 22.4 Å². The predicted molar refractivity (Wildman–Crippen MR) is 131 cm³/mol. The van der Waals surface area contributed by atoms with E-state index >= 15 is 0 Å². The van der Waals surface area contributed by atoms with Gasteiger partial charge in [-0.1, -0.05) is 42.6 Å². The number of halogens is 2. The zero-order valence-electron chi connectivity index (χ0n) is 18.1. The summed E-state index contributed by atoms with van der Waals surface area (Å²) >= 11 is 6.85. The molecule has 1 aliphatic heterocycles. The Morgan fingerprint density at radius 3 is 2.38 bits per heavy atom. The van der Waals surface area contributed by atoms with Crippen LogP contribution < -0.4 is 5.32 Å². The van der Waals surface area contributed by atoms with E-state index in [4.69, 9.17) is 11.6 Å². The van der Waals surface area contributed by atoms with Gasteiger partial charge in [0.2, 0.25) is 11.8 Å². The lowest BCUT2D eigenvalue weighted by atomic mass is 9.94. The summed E-state index contributed by atoms with van der Waals surface area (Å²) in [6, 6.07) is 10.8. The van der Waals surface area contributed by atoms with Crippen LogP contribution in [0, 0.1) is 5.82 Å². The van der Waals surface area contributed by atoms with Crippen molar-refractivity contribution in [2.45, 2.75) is 54.7 Å². The van der Waals surface area contributed by atoms with Crippen LogP contribution in [0.2, 0.25) is 5.02 Å². The van der Waals surface area contributed by atoms with Crippen LogP contribution in [0.3, 0.4) is 0 Å². The number of anilines is 1. The Bertz CT molecular complexity index is 1200. The van der Waals surface area contributed by atoms with Crippen molar-refractivity contribution >= 4 is 56.1 Å². The normalized spacial score (nSPS) is 20.6. The molecule has 180 valence electrons. The molecule has 34 heavy (non-hydrogen) atoms. The number of benzene rings is 2. The second-order valence-electron chi connectivity index (χ2n) is 8.17. The van der Waals surface area contributed by atoms with Crippen molar-refractivity contribution in [1.82, 2.24) is 4.90 Å². The number of rotatable bonds is 6. The maximum atomic E-state index is 13.3. The number of carbonyl (C=O) groups excluding carboxylic acids is 2. The fraction of sp³-hybridized carbons (Fsp3) is 0.348. The van der Waals surface area contributed by atoms with Crippen molar-refractivity contribution in [3.05, 3.63) is 59.4 Å². The van der Waals surface area contributed by atoms with Crippen LogP contribution in [0.25, 0.3) is 0 Å². The average molecular weight is 524 g/mol. The predicted octanol–water partition coefficient (Wildman–Crippen LogP) is 4.83. The number of sulfonamides is 1. The van der Waals surface area contributed by atoms with E-state index in [1.54, 1.807) is 24.3 Å². The average Bonchev–Trinajstić information content (AvgIpc) is 3.10. The molecule has 0 radical (unpaired) electrons. The first-order valence-electron chi connectivity index (χ1n) is 10.9. The smallest absolute Gasteiger partial charge is 0.284 e. The largest absolute Gasteiger partial charge is 0.326 e. The summed E-state index contributed by atoms with van der Waals surface area (Å²) in [4.78, 5) is 27.2. The first-order valence-corrected chi connectivity index (χ1v) is 13.6. The van der Waals surface area contributed by atoms with Crippen LogP contribution in [0.15, 0.2) is 57.8 Å². The first-order chi connectivity index (χ1) is 16.2. The number of nitrogens with zero attached hydrogens (tertiary/aromatic N) is 2. The molecule has 1 N–H and O–H groups in total. The van der Waals surface area contributed by atoms with Crippen molar-refractivity contribution in [1.29, 1.82) is 0 Å². The van der Waals surface area contributed by atoms with Gasteiger partial charge in [0.1, 0.15) is 11.1 Å². The molecule has 11 heteroatoms. The topological polar surface area (TPSA) is 95.9 Å². The Labute approximate surface area is 206 Å². The van der Waals surface area contributed by atoms with Gasteiger partial charge in [0.15, 0.2) is 5.17 Å². The molecule has 1 atom stereocenters. The van der Waals surface area contributed by atoms with Crippen molar-refractivity contribution in [3.63, 3.8) is 0 Å². The summed E-state index contributed by atoms with van der Waals surface area (Å²) < 4.78 is 43.0. The van der Waals surface area contributed by atoms with E-state index < -0.39 is 21.1 Å². The molecule has 0 unspecified atom stereocenters. The van der Waals surface area contributed by atoms with Crippen molar-refractivity contribution in [3.8, 4) is 0 Å². The minimum atomic E-state index is -4.17. The minimum Gasteiger partial charge on any atom is -0.326 e. The van der Waals surface area contributed by atoms with Crippen molar-refractivity contribution in [2.24, 2.45) is 4.40 Å². The molecule has 2 aliphatic rings. The second-order valence-corrected chi connectivity index (χ2v) is 11.4. The summed E-state index contributed by atoms with van der Waals surface area (Å²) in [5.41, 5.74) is 0.543. The highest BCUT2D eigenvalue weighted by Gasteiger charge is 2.43. The molecule has 0 bridgehead atoms. The quantitative estimate of drug-likeness (QED) is 0.585. The van der Waals surface area contributed by atoms with Gasteiger partial charge in [-0.05, 0) is 61.4 Å². The maximum absolute atomic E-state index is 13.3. The molecule has 0 spiro atoms. The minimum absolute atomic E-state index is 0.0607. The monoisotopic (exact) mass is 523 g/mol. The first kappa shape index (κ1) is 24.7. The van der Waals surface area contributed by atoms with Gasteiger partial charge in [-0.15, -0.1) is 4.40 Å². The molecule has 2 amide bonds. The lowest BCUT2D eigenvalue weighted by molar-refractivity contribution is -0.130. The Kier molecular flexibility index (Phi) is 7.59. The number of amidine groups is 1. The molecule has 0 aromatic heterocycles. The maximum Gasteiger partial charge on any atom is 0.284 e. The zero-order valence-corrected chi connectivity index (χ0v) is 20.5. The summed E-state index contributed by atoms with van der Waals surface area (Å²) in [5, 5.41) is 2.53. The zero-order chi connectivity index (χ0) is 24.3. The van der Waals surface area contributed by atoms with Gasteiger partial charge in [0, 0.05) is 23.2 Å². The standard InChI is InChI=1S/C23H23ClFN3O4S2/c24-15-6-10-17(11-7-15)26-21(29)14-20-22(30)28(18-4-2-1-3-5-18)23(33-20)27-34(31,32)19-12-8-16(25)9-13-19/h6-13,18,20H,1-5,14H2,(H,26,29)/t20-/m0/s1. The molecule has 1 saturated carbocycles. The highest BCUT2D eigenvalue weighted by atomic mass is 35.5. The number of hydrogen-bond acceptors (Lipinski definition) is 5. The van der Waals surface area contributed by atoms with Crippen LogP contribution in [-0.2, 0) is 19.6 Å². The van der Waals surface area contributed by atoms with Crippen LogP contribution in [0.4, 0.5) is 10.1 Å². The van der Waals surface area contributed by atoms with Gasteiger partial charge in [-0.25, -0.2) is 4.39 Å². The molecule has 2 fully saturated rings. The molecule has 4 rings (SSSR count). The summed E-state index contributed by atoms with van der Waals surface area (Å²) in [6.07, 6.45) is 4.26. The Morgan fingerprint density at radius 1 is 1.09 bits per heavy atom. The molecule has 2 aromatic carbocycles. The fourth-order valence-electron chi connectivity index (χ4n) is 4.03. The van der Waals surface area contributed by atoms with E-state index in [0.29, 0.717) is 10.7 Å². The third-order valence-electron chi connectivity index (χ3n) is 5.72. The Morgan fingerprint density at radius 2 is 1.74 bits per heavy atom. The summed E-state index contributed by atoms with van der Waals surface area (Å²) in [5.74, 6) is -1.26. The Balaban J connectivity index is 1.57. The van der Waals surface area contributed by atoms with E-state index in [1.807, 2.05) is 0 Å².